The molecule has 0 spiro atoms. The van der Waals surface area contributed by atoms with Crippen LogP contribution in [-0.2, 0) is 23.7 Å². The highest BCUT2D eigenvalue weighted by Crippen LogP contribution is 2.52. The standard InChI is InChI=1S/C20H34N2O7S2/c1-9-22(17(24)29-18(2,3)4)16-21-12-14-13(11(10-23)30-15(12)31-16)27-19(5,25-7)20(6,26-8)28-14/h11-15,23H,9-10H2,1-8H3/t11-,12-,13-,14-,15-,19+,20+/m1/s1. The maximum Gasteiger partial charge on any atom is 0.416 e. The van der Waals surface area contributed by atoms with Crippen molar-refractivity contribution >= 4 is 34.8 Å². The number of aliphatic hydroxyl groups excluding tert-OH is 1. The van der Waals surface area contributed by atoms with Gasteiger partial charge in [0, 0.05) is 20.8 Å². The van der Waals surface area contributed by atoms with Crippen molar-refractivity contribution in [3.63, 3.8) is 0 Å². The summed E-state index contributed by atoms with van der Waals surface area (Å²) < 4.78 is 29.6. The Balaban J connectivity index is 1.90. The number of ether oxygens (including phenoxy) is 5. The van der Waals surface area contributed by atoms with Crippen LogP contribution < -0.4 is 0 Å². The van der Waals surface area contributed by atoms with Crippen molar-refractivity contribution < 1.29 is 33.6 Å². The molecule has 178 valence electrons. The molecule has 1 N–H and O–H groups in total. The topological polar surface area (TPSA) is 99.1 Å². The molecular weight excluding hydrogens is 444 g/mol. The van der Waals surface area contributed by atoms with E-state index in [2.05, 4.69) is 0 Å². The smallest absolute Gasteiger partial charge is 0.416 e. The maximum absolute atomic E-state index is 12.7. The van der Waals surface area contributed by atoms with Crippen molar-refractivity contribution in [3.8, 4) is 0 Å². The van der Waals surface area contributed by atoms with E-state index in [-0.39, 0.29) is 22.5 Å². The number of amides is 1. The van der Waals surface area contributed by atoms with E-state index in [4.69, 9.17) is 28.7 Å². The number of nitrogens with zero attached hydrogens (tertiary/aromatic N) is 2. The van der Waals surface area contributed by atoms with Crippen LogP contribution in [0.3, 0.4) is 0 Å². The Hall–Kier alpha value is -0.560. The summed E-state index contributed by atoms with van der Waals surface area (Å²) in [6, 6.07) is -0.287. The third-order valence-electron chi connectivity index (χ3n) is 5.76. The van der Waals surface area contributed by atoms with Crippen LogP contribution in [0.5, 0.6) is 0 Å². The number of hydrogen-bond donors (Lipinski definition) is 1. The number of aliphatic imine (C=N–C) groups is 1. The van der Waals surface area contributed by atoms with Crippen molar-refractivity contribution in [1.82, 2.24) is 4.90 Å². The first-order valence-electron chi connectivity index (χ1n) is 10.4. The van der Waals surface area contributed by atoms with Gasteiger partial charge in [-0.1, -0.05) is 11.8 Å². The molecule has 2 fully saturated rings. The van der Waals surface area contributed by atoms with E-state index in [1.807, 2.05) is 27.7 Å². The molecule has 1 amide bonds. The van der Waals surface area contributed by atoms with E-state index >= 15 is 0 Å². The predicted octanol–water partition coefficient (Wildman–Crippen LogP) is 2.66. The Morgan fingerprint density at radius 2 is 1.77 bits per heavy atom. The zero-order valence-electron chi connectivity index (χ0n) is 19.4. The Morgan fingerprint density at radius 1 is 1.19 bits per heavy atom. The molecule has 0 aromatic heterocycles. The van der Waals surface area contributed by atoms with Gasteiger partial charge in [-0.2, -0.15) is 0 Å². The number of carbonyl (C=O) groups excluding carboxylic acids is 1. The quantitative estimate of drug-likeness (QED) is 0.654. The molecule has 3 rings (SSSR count). The van der Waals surface area contributed by atoms with E-state index in [0.29, 0.717) is 11.7 Å². The lowest BCUT2D eigenvalue weighted by molar-refractivity contribution is -0.449. The first kappa shape index (κ1) is 25.1. The lowest BCUT2D eigenvalue weighted by Crippen LogP contribution is -2.70. The van der Waals surface area contributed by atoms with Crippen molar-refractivity contribution in [2.75, 3.05) is 27.4 Å². The number of thioether (sulfide) groups is 2. The number of fused-ring (bicyclic) bond motifs is 3. The van der Waals surface area contributed by atoms with Gasteiger partial charge in [0.15, 0.2) is 5.17 Å². The Kier molecular flexibility index (Phi) is 7.28. The number of methoxy groups -OCH3 is 2. The maximum atomic E-state index is 12.7. The number of aliphatic hydroxyl groups is 1. The molecule has 9 nitrogen and oxygen atoms in total. The van der Waals surface area contributed by atoms with Crippen LogP contribution in [0, 0.1) is 0 Å². The van der Waals surface area contributed by atoms with Crippen LogP contribution in [0.4, 0.5) is 4.79 Å². The van der Waals surface area contributed by atoms with Crippen molar-refractivity contribution in [2.45, 2.75) is 86.8 Å². The molecule has 3 aliphatic heterocycles. The fraction of sp³-hybridized carbons (Fsp3) is 0.900. The van der Waals surface area contributed by atoms with Gasteiger partial charge in [-0.05, 0) is 41.5 Å². The molecule has 0 unspecified atom stereocenters. The number of rotatable bonds is 4. The second-order valence-electron chi connectivity index (χ2n) is 8.93. The van der Waals surface area contributed by atoms with Crippen LogP contribution in [-0.4, -0.2) is 93.9 Å². The van der Waals surface area contributed by atoms with Crippen LogP contribution in [0.15, 0.2) is 4.99 Å². The minimum Gasteiger partial charge on any atom is -0.443 e. The van der Waals surface area contributed by atoms with Gasteiger partial charge in [-0.15, -0.1) is 11.8 Å². The fourth-order valence-corrected chi connectivity index (χ4v) is 6.96. The number of amidine groups is 1. The second kappa shape index (κ2) is 9.00. The summed E-state index contributed by atoms with van der Waals surface area (Å²) in [5.41, 5.74) is -0.603. The van der Waals surface area contributed by atoms with Gasteiger partial charge in [0.2, 0.25) is 11.6 Å². The summed E-state index contributed by atoms with van der Waals surface area (Å²) in [4.78, 5) is 19.1. The minimum absolute atomic E-state index is 0.0403. The molecule has 11 heteroatoms. The molecule has 0 aromatic rings. The first-order valence-corrected chi connectivity index (χ1v) is 12.2. The minimum atomic E-state index is -1.17. The molecule has 0 saturated carbocycles. The summed E-state index contributed by atoms with van der Waals surface area (Å²) in [6.07, 6.45) is -1.36. The number of hydrogen-bond acceptors (Lipinski definition) is 10. The zero-order chi connectivity index (χ0) is 23.2. The summed E-state index contributed by atoms with van der Waals surface area (Å²) in [6.45, 7) is 11.3. The Bertz CT molecular complexity index is 718. The normalized spacial score (nSPS) is 40.0. The van der Waals surface area contributed by atoms with Gasteiger partial charge >= 0.3 is 6.09 Å². The summed E-state index contributed by atoms with van der Waals surface area (Å²) >= 11 is 3.07. The highest BCUT2D eigenvalue weighted by molar-refractivity contribution is 8.25. The van der Waals surface area contributed by atoms with Gasteiger partial charge in [-0.25, -0.2) is 4.79 Å². The molecule has 2 saturated heterocycles. The Morgan fingerprint density at radius 3 is 2.26 bits per heavy atom. The van der Waals surface area contributed by atoms with Gasteiger partial charge in [0.1, 0.15) is 23.9 Å². The van der Waals surface area contributed by atoms with E-state index in [1.54, 1.807) is 32.7 Å². The van der Waals surface area contributed by atoms with Gasteiger partial charge in [0.05, 0.1) is 16.4 Å². The molecular formula is C20H34N2O7S2. The third kappa shape index (κ3) is 4.60. The molecule has 0 bridgehead atoms. The molecule has 3 heterocycles. The predicted molar refractivity (Wildman–Crippen MR) is 120 cm³/mol. The van der Waals surface area contributed by atoms with Gasteiger partial charge in [-0.3, -0.25) is 9.89 Å². The van der Waals surface area contributed by atoms with Crippen LogP contribution in [0.25, 0.3) is 0 Å². The highest BCUT2D eigenvalue weighted by Gasteiger charge is 2.63. The van der Waals surface area contributed by atoms with E-state index < -0.39 is 35.5 Å². The van der Waals surface area contributed by atoms with Crippen molar-refractivity contribution in [3.05, 3.63) is 0 Å². The molecule has 0 aromatic carbocycles. The molecule has 7 atom stereocenters. The summed E-state index contributed by atoms with van der Waals surface area (Å²) in [5.74, 6) is -2.33. The van der Waals surface area contributed by atoms with E-state index in [1.165, 1.54) is 23.8 Å². The SMILES string of the molecule is CCN(C(=O)OC(C)(C)C)C1=N[C@H]2[C@@H](S1)S[C@H](CO)[C@H]1O[C@](C)(OC)[C@@](C)(OC)O[C@H]21. The van der Waals surface area contributed by atoms with Crippen LogP contribution in [0.1, 0.15) is 41.5 Å². The molecule has 0 aliphatic carbocycles. The lowest BCUT2D eigenvalue weighted by Gasteiger charge is -2.56. The summed E-state index contributed by atoms with van der Waals surface area (Å²) in [7, 11) is 3.08. The third-order valence-corrected chi connectivity index (χ3v) is 8.75. The largest absolute Gasteiger partial charge is 0.443 e. The van der Waals surface area contributed by atoms with Gasteiger partial charge < -0.3 is 28.8 Å². The van der Waals surface area contributed by atoms with E-state index in [9.17, 15) is 9.90 Å². The van der Waals surface area contributed by atoms with Crippen LogP contribution in [0.2, 0.25) is 0 Å². The fourth-order valence-electron chi connectivity index (χ4n) is 3.80. The summed E-state index contributed by atoms with van der Waals surface area (Å²) in [5, 5.41) is 10.4. The van der Waals surface area contributed by atoms with Gasteiger partial charge in [0.25, 0.3) is 0 Å². The second-order valence-corrected chi connectivity index (χ2v) is 11.7. The van der Waals surface area contributed by atoms with Crippen molar-refractivity contribution in [1.29, 1.82) is 0 Å². The lowest BCUT2D eigenvalue weighted by atomic mass is 9.97. The molecule has 3 aliphatic rings. The molecule has 0 radical (unpaired) electrons. The average molecular weight is 479 g/mol. The monoisotopic (exact) mass is 478 g/mol. The highest BCUT2D eigenvalue weighted by atomic mass is 32.2. The van der Waals surface area contributed by atoms with Crippen molar-refractivity contribution in [2.24, 2.45) is 4.99 Å². The number of carbonyl (C=O) groups is 1. The zero-order valence-corrected chi connectivity index (χ0v) is 21.0. The Labute approximate surface area is 192 Å². The molecule has 31 heavy (non-hydrogen) atoms. The average Bonchev–Trinajstić information content (AvgIpc) is 3.11. The first-order chi connectivity index (χ1) is 14.4. The van der Waals surface area contributed by atoms with E-state index in [0.717, 1.165) is 0 Å². The van der Waals surface area contributed by atoms with Crippen LogP contribution >= 0.6 is 23.5 Å².